The minimum Gasteiger partial charge on any atom is -0.407 e. The van der Waals surface area contributed by atoms with Crippen molar-refractivity contribution >= 4 is 35.1 Å². The summed E-state index contributed by atoms with van der Waals surface area (Å²) in [4.78, 5) is 21.2. The molecule has 0 fully saturated rings. The van der Waals surface area contributed by atoms with Gasteiger partial charge >= 0.3 is 24.7 Å². The van der Waals surface area contributed by atoms with Crippen molar-refractivity contribution < 1.29 is 22.6 Å². The largest absolute Gasteiger partial charge is 0.407 e. The summed E-state index contributed by atoms with van der Waals surface area (Å²) in [6.45, 7) is 4.34. The van der Waals surface area contributed by atoms with Crippen LogP contribution in [0.2, 0.25) is 13.1 Å². The lowest BCUT2D eigenvalue weighted by Gasteiger charge is -2.29. The molecule has 2 aromatic carbocycles. The van der Waals surface area contributed by atoms with Gasteiger partial charge in [-0.2, -0.15) is 0 Å². The monoisotopic (exact) mass is 512 g/mol. The van der Waals surface area contributed by atoms with E-state index in [-0.39, 0.29) is 66.8 Å². The first-order valence-corrected chi connectivity index (χ1v) is 13.9. The third-order valence-corrected chi connectivity index (χ3v) is 11.6. The van der Waals surface area contributed by atoms with E-state index < -0.39 is 24.7 Å². The Bertz CT molecular complexity index is 639. The zero-order chi connectivity index (χ0) is 17.1. The van der Waals surface area contributed by atoms with Gasteiger partial charge in [-0.25, -0.2) is 0 Å². The highest BCUT2D eigenvalue weighted by Crippen LogP contribution is 2.48. The quantitative estimate of drug-likeness (QED) is 0.309. The maximum Gasteiger partial charge on any atom is 0.374 e. The lowest BCUT2D eigenvalue weighted by atomic mass is 10.4. The Morgan fingerprint density at radius 1 is 0.594 bits per heavy atom. The highest BCUT2D eigenvalue weighted by atomic mass is 31.2. The second kappa shape index (κ2) is 20.5. The van der Waals surface area contributed by atoms with Gasteiger partial charge in [0.25, 0.3) is 0 Å². The standard InChI is InChI=1S/C15H21O5PSi2.9CH4/c1-21(16,19-22(2,17)14-10-6-4-7-11-14)20-23(3,18)15-12-8-5-9-13-15;;;;;;;;;/h4-13,17-18H,1-3H3;9*1H4. The van der Waals surface area contributed by atoms with Gasteiger partial charge in [0.2, 0.25) is 0 Å². The van der Waals surface area contributed by atoms with Crippen molar-refractivity contribution in [2.45, 2.75) is 79.9 Å². The van der Waals surface area contributed by atoms with Crippen LogP contribution in [0.25, 0.3) is 0 Å². The highest BCUT2D eigenvalue weighted by molar-refractivity contribution is 7.56. The van der Waals surface area contributed by atoms with Gasteiger partial charge in [0.15, 0.2) is 0 Å². The first kappa shape index (κ1) is 52.7. The normalized spacial score (nSPS) is 13.9. The molecule has 0 aliphatic heterocycles. The molecular formula is C24H57O5PSi2. The van der Waals surface area contributed by atoms with E-state index in [0.29, 0.717) is 10.4 Å². The SMILES string of the molecule is C.C.C.C.C.C.C.C.C.C[Si](O)(OP(C)(=O)O[Si](C)(O)c1ccccc1)c1ccccc1. The minimum atomic E-state index is -3.64. The highest BCUT2D eigenvalue weighted by Gasteiger charge is 2.43. The summed E-state index contributed by atoms with van der Waals surface area (Å²) >= 11 is 0. The maximum atomic E-state index is 12.7. The molecule has 0 radical (unpaired) electrons. The fourth-order valence-electron chi connectivity index (χ4n) is 2.26. The summed E-state index contributed by atoms with van der Waals surface area (Å²) in [5, 5.41) is 1.18. The van der Waals surface area contributed by atoms with Gasteiger partial charge < -0.3 is 18.0 Å². The summed E-state index contributed by atoms with van der Waals surface area (Å²) in [6, 6.07) is 17.6. The van der Waals surface area contributed by atoms with E-state index in [4.69, 9.17) is 8.43 Å². The third kappa shape index (κ3) is 14.9. The van der Waals surface area contributed by atoms with Crippen molar-refractivity contribution in [3.63, 3.8) is 0 Å². The molecule has 0 aliphatic carbocycles. The smallest absolute Gasteiger partial charge is 0.374 e. The van der Waals surface area contributed by atoms with E-state index in [1.54, 1.807) is 48.5 Å². The van der Waals surface area contributed by atoms with Crippen molar-refractivity contribution in [1.29, 1.82) is 0 Å². The summed E-state index contributed by atoms with van der Waals surface area (Å²) in [5.74, 6) is 0. The average Bonchev–Trinajstić information content (AvgIpc) is 2.47. The number of hydrogen-bond acceptors (Lipinski definition) is 5. The molecule has 2 unspecified atom stereocenters. The Balaban J connectivity index is -0.000000107. The van der Waals surface area contributed by atoms with Gasteiger partial charge in [0.1, 0.15) is 0 Å². The van der Waals surface area contributed by atoms with Gasteiger partial charge in [0, 0.05) is 6.66 Å². The summed E-state index contributed by atoms with van der Waals surface area (Å²) in [6.07, 6.45) is 0. The zero-order valence-electron chi connectivity index (χ0n) is 13.3. The number of benzene rings is 2. The van der Waals surface area contributed by atoms with E-state index in [0.717, 1.165) is 0 Å². The molecule has 196 valence electrons. The van der Waals surface area contributed by atoms with Crippen LogP contribution in [0.3, 0.4) is 0 Å². The van der Waals surface area contributed by atoms with Crippen molar-refractivity contribution in [2.24, 2.45) is 0 Å². The van der Waals surface area contributed by atoms with Crippen molar-refractivity contribution in [3.05, 3.63) is 60.7 Å². The molecule has 0 aliphatic rings. The average molecular weight is 513 g/mol. The molecule has 0 bridgehead atoms. The molecule has 32 heavy (non-hydrogen) atoms. The van der Waals surface area contributed by atoms with E-state index in [2.05, 4.69) is 0 Å². The van der Waals surface area contributed by atoms with Crippen LogP contribution >= 0.6 is 7.60 Å². The fraction of sp³-hybridized carbons (Fsp3) is 0.500. The Morgan fingerprint density at radius 3 is 1.03 bits per heavy atom. The Labute approximate surface area is 204 Å². The van der Waals surface area contributed by atoms with Gasteiger partial charge in [0.05, 0.1) is 0 Å². The van der Waals surface area contributed by atoms with Gasteiger partial charge in [-0.3, -0.25) is 4.57 Å². The van der Waals surface area contributed by atoms with E-state index >= 15 is 0 Å². The number of rotatable bonds is 6. The molecule has 0 saturated heterocycles. The lowest BCUT2D eigenvalue weighted by molar-refractivity contribution is 0.315. The second-order valence-corrected chi connectivity index (χ2v) is 13.7. The predicted molar refractivity (Wildman–Crippen MR) is 156 cm³/mol. The molecule has 2 aromatic rings. The molecule has 0 aromatic heterocycles. The van der Waals surface area contributed by atoms with Crippen molar-refractivity contribution in [1.82, 2.24) is 0 Å². The molecule has 2 rings (SSSR count). The Kier molecular flexibility index (Phi) is 33.8. The Hall–Kier alpha value is -1.06. The van der Waals surface area contributed by atoms with Crippen molar-refractivity contribution in [2.75, 3.05) is 6.66 Å². The van der Waals surface area contributed by atoms with Crippen LogP contribution in [0.4, 0.5) is 0 Å². The third-order valence-electron chi connectivity index (χ3n) is 3.31. The van der Waals surface area contributed by atoms with Gasteiger partial charge in [-0.1, -0.05) is 128 Å². The molecule has 5 nitrogen and oxygen atoms in total. The van der Waals surface area contributed by atoms with Crippen LogP contribution in [-0.2, 0) is 13.0 Å². The zero-order valence-corrected chi connectivity index (χ0v) is 16.2. The molecule has 8 heteroatoms. The van der Waals surface area contributed by atoms with Crippen LogP contribution < -0.4 is 10.4 Å². The minimum absolute atomic E-state index is 0. The van der Waals surface area contributed by atoms with Crippen LogP contribution in [0, 0.1) is 0 Å². The predicted octanol–water partition coefficient (Wildman–Crippen LogP) is 7.51. The van der Waals surface area contributed by atoms with Crippen LogP contribution in [0.1, 0.15) is 66.8 Å². The molecule has 2 N–H and O–H groups in total. The van der Waals surface area contributed by atoms with E-state index in [9.17, 15) is 14.2 Å². The number of hydrogen-bond donors (Lipinski definition) is 2. The molecule has 0 saturated carbocycles. The summed E-state index contributed by atoms with van der Waals surface area (Å²) in [5.41, 5.74) is 0. The lowest BCUT2D eigenvalue weighted by Crippen LogP contribution is -2.50. The van der Waals surface area contributed by atoms with E-state index in [1.165, 1.54) is 19.8 Å². The van der Waals surface area contributed by atoms with Crippen LogP contribution in [-0.4, -0.2) is 33.4 Å². The molecule has 0 spiro atoms. The molecule has 2 atom stereocenters. The topological polar surface area (TPSA) is 76.0 Å². The molecule has 0 heterocycles. The van der Waals surface area contributed by atoms with Crippen LogP contribution in [0.15, 0.2) is 60.7 Å². The summed E-state index contributed by atoms with van der Waals surface area (Å²) < 4.78 is 23.6. The van der Waals surface area contributed by atoms with E-state index in [1.807, 2.05) is 12.1 Å². The van der Waals surface area contributed by atoms with Gasteiger partial charge in [-0.05, 0) is 23.5 Å². The van der Waals surface area contributed by atoms with Crippen molar-refractivity contribution in [3.8, 4) is 0 Å². The first-order valence-electron chi connectivity index (χ1n) is 7.17. The summed E-state index contributed by atoms with van der Waals surface area (Å²) in [7, 11) is -10.4. The molecular weight excluding hydrogens is 455 g/mol. The van der Waals surface area contributed by atoms with Crippen LogP contribution in [0.5, 0.6) is 0 Å². The first-order chi connectivity index (χ1) is 10.6. The molecule has 0 amide bonds. The maximum absolute atomic E-state index is 12.7. The Morgan fingerprint density at radius 2 is 0.812 bits per heavy atom. The fourth-order valence-corrected chi connectivity index (χ4v) is 10.4. The second-order valence-electron chi connectivity index (χ2n) is 5.65. The van der Waals surface area contributed by atoms with Gasteiger partial charge in [-0.15, -0.1) is 0 Å².